The van der Waals surface area contributed by atoms with Crippen LogP contribution in [-0.2, 0) is 9.59 Å². The molecule has 0 bridgehead atoms. The first-order chi connectivity index (χ1) is 11.0. The van der Waals surface area contributed by atoms with Crippen molar-refractivity contribution in [2.75, 3.05) is 32.9 Å². The number of thioether (sulfide) groups is 1. The number of likely N-dealkylation sites (tertiary alicyclic amines) is 1. The predicted octanol–water partition coefficient (Wildman–Crippen LogP) is 2.63. The van der Waals surface area contributed by atoms with Gasteiger partial charge in [0.1, 0.15) is 5.82 Å². The maximum atomic E-state index is 13.5. The lowest BCUT2D eigenvalue weighted by Gasteiger charge is -2.32. The summed E-state index contributed by atoms with van der Waals surface area (Å²) in [5.41, 5.74) is 0. The zero-order valence-corrected chi connectivity index (χ0v) is 14.4. The van der Waals surface area contributed by atoms with Crippen molar-refractivity contribution < 1.29 is 14.0 Å². The Morgan fingerprint density at radius 3 is 2.52 bits per heavy atom. The normalized spacial score (nSPS) is 15.5. The molecule has 2 rings (SSSR count). The Balaban J connectivity index is 1.73. The summed E-state index contributed by atoms with van der Waals surface area (Å²) in [5, 5.41) is 0. The molecule has 1 saturated heterocycles. The van der Waals surface area contributed by atoms with Crippen molar-refractivity contribution in [3.63, 3.8) is 0 Å². The number of carbonyl (C=O) groups is 2. The second-order valence-corrected chi connectivity index (χ2v) is 7.05. The highest BCUT2D eigenvalue weighted by Gasteiger charge is 2.27. The SMILES string of the molecule is CN(C)C(=O)C1CCN(C(=O)CCSc2ccccc2F)CC1. The topological polar surface area (TPSA) is 40.6 Å². The Hall–Kier alpha value is -1.56. The van der Waals surface area contributed by atoms with E-state index in [-0.39, 0.29) is 23.5 Å². The van der Waals surface area contributed by atoms with E-state index in [2.05, 4.69) is 0 Å². The van der Waals surface area contributed by atoms with E-state index in [1.54, 1.807) is 37.2 Å². The predicted molar refractivity (Wildman–Crippen MR) is 89.7 cm³/mol. The molecule has 1 aliphatic heterocycles. The van der Waals surface area contributed by atoms with Crippen LogP contribution in [-0.4, -0.2) is 54.6 Å². The third-order valence-corrected chi connectivity index (χ3v) is 5.10. The number of rotatable bonds is 5. The number of halogens is 1. The molecule has 1 heterocycles. The number of piperidine rings is 1. The van der Waals surface area contributed by atoms with Crippen LogP contribution in [0.25, 0.3) is 0 Å². The van der Waals surface area contributed by atoms with Crippen LogP contribution in [0.5, 0.6) is 0 Å². The van der Waals surface area contributed by atoms with Gasteiger partial charge >= 0.3 is 0 Å². The third kappa shape index (κ3) is 4.96. The first-order valence-corrected chi connectivity index (χ1v) is 8.84. The lowest BCUT2D eigenvalue weighted by molar-refractivity contribution is -0.138. The Morgan fingerprint density at radius 1 is 1.26 bits per heavy atom. The highest BCUT2D eigenvalue weighted by molar-refractivity contribution is 7.99. The van der Waals surface area contributed by atoms with Crippen molar-refractivity contribution in [2.24, 2.45) is 5.92 Å². The van der Waals surface area contributed by atoms with Gasteiger partial charge in [-0.15, -0.1) is 11.8 Å². The second-order valence-electron chi connectivity index (χ2n) is 5.92. The van der Waals surface area contributed by atoms with Gasteiger partial charge < -0.3 is 9.80 Å². The molecular weight excluding hydrogens is 315 g/mol. The molecule has 6 heteroatoms. The summed E-state index contributed by atoms with van der Waals surface area (Å²) in [6.07, 6.45) is 1.84. The summed E-state index contributed by atoms with van der Waals surface area (Å²) in [4.78, 5) is 28.1. The van der Waals surface area contributed by atoms with Crippen LogP contribution >= 0.6 is 11.8 Å². The Bertz CT molecular complexity index is 557. The van der Waals surface area contributed by atoms with E-state index in [1.807, 2.05) is 4.90 Å². The smallest absolute Gasteiger partial charge is 0.225 e. The molecule has 1 aromatic carbocycles. The van der Waals surface area contributed by atoms with Gasteiger partial charge in [0, 0.05) is 50.2 Å². The fourth-order valence-corrected chi connectivity index (χ4v) is 3.59. The average Bonchev–Trinajstić information content (AvgIpc) is 2.56. The van der Waals surface area contributed by atoms with Crippen molar-refractivity contribution in [1.29, 1.82) is 0 Å². The molecule has 0 unspecified atom stereocenters. The van der Waals surface area contributed by atoms with Gasteiger partial charge in [-0.3, -0.25) is 9.59 Å². The minimum Gasteiger partial charge on any atom is -0.349 e. The summed E-state index contributed by atoms with van der Waals surface area (Å²) in [5.74, 6) is 0.586. The molecule has 1 aliphatic rings. The summed E-state index contributed by atoms with van der Waals surface area (Å²) in [7, 11) is 3.53. The maximum Gasteiger partial charge on any atom is 0.225 e. The first kappa shape index (κ1) is 17.8. The van der Waals surface area contributed by atoms with Crippen LogP contribution < -0.4 is 0 Å². The molecule has 0 aromatic heterocycles. The first-order valence-electron chi connectivity index (χ1n) is 7.85. The minimum absolute atomic E-state index is 0.0295. The molecule has 0 saturated carbocycles. The standard InChI is InChI=1S/C17H23FN2O2S/c1-19(2)17(22)13-7-10-20(11-8-13)16(21)9-12-23-15-6-4-3-5-14(15)18/h3-6,13H,7-12H2,1-2H3. The lowest BCUT2D eigenvalue weighted by atomic mass is 9.95. The Kier molecular flexibility index (Phi) is 6.45. The molecule has 0 atom stereocenters. The van der Waals surface area contributed by atoms with Gasteiger partial charge in [0.05, 0.1) is 0 Å². The number of amides is 2. The number of benzene rings is 1. The van der Waals surface area contributed by atoms with Crippen molar-refractivity contribution in [1.82, 2.24) is 9.80 Å². The van der Waals surface area contributed by atoms with Crippen molar-refractivity contribution in [2.45, 2.75) is 24.2 Å². The summed E-state index contributed by atoms with van der Waals surface area (Å²) in [6.45, 7) is 1.26. The molecule has 1 aromatic rings. The number of carbonyl (C=O) groups excluding carboxylic acids is 2. The monoisotopic (exact) mass is 338 g/mol. The molecule has 0 aliphatic carbocycles. The van der Waals surface area contributed by atoms with E-state index >= 15 is 0 Å². The molecule has 4 nitrogen and oxygen atoms in total. The third-order valence-electron chi connectivity index (χ3n) is 4.05. The van der Waals surface area contributed by atoms with Crippen molar-refractivity contribution in [3.05, 3.63) is 30.1 Å². The zero-order valence-electron chi connectivity index (χ0n) is 13.6. The Labute approximate surface area is 141 Å². The van der Waals surface area contributed by atoms with Crippen molar-refractivity contribution >= 4 is 23.6 Å². The van der Waals surface area contributed by atoms with E-state index in [9.17, 15) is 14.0 Å². The van der Waals surface area contributed by atoms with Gasteiger partial charge in [-0.05, 0) is 25.0 Å². The maximum absolute atomic E-state index is 13.5. The molecule has 0 radical (unpaired) electrons. The highest BCUT2D eigenvalue weighted by Crippen LogP contribution is 2.23. The molecule has 126 valence electrons. The van der Waals surface area contributed by atoms with Gasteiger partial charge in [-0.2, -0.15) is 0 Å². The molecular formula is C17H23FN2O2S. The van der Waals surface area contributed by atoms with Crippen LogP contribution in [0, 0.1) is 11.7 Å². The van der Waals surface area contributed by atoms with Gasteiger partial charge in [-0.1, -0.05) is 12.1 Å². The quantitative estimate of drug-likeness (QED) is 0.775. The molecule has 2 amide bonds. The number of hydrogen-bond acceptors (Lipinski definition) is 3. The molecule has 1 fully saturated rings. The van der Waals surface area contributed by atoms with Gasteiger partial charge in [-0.25, -0.2) is 4.39 Å². The van der Waals surface area contributed by atoms with Crippen molar-refractivity contribution in [3.8, 4) is 0 Å². The molecule has 0 N–H and O–H groups in total. The molecule has 0 spiro atoms. The summed E-state index contributed by atoms with van der Waals surface area (Å²) in [6, 6.07) is 6.60. The van der Waals surface area contributed by atoms with E-state index in [0.717, 1.165) is 12.8 Å². The van der Waals surface area contributed by atoms with Crippen LogP contribution in [0.15, 0.2) is 29.2 Å². The fourth-order valence-electron chi connectivity index (χ4n) is 2.71. The van der Waals surface area contributed by atoms with E-state index in [0.29, 0.717) is 30.2 Å². The fraction of sp³-hybridized carbons (Fsp3) is 0.529. The minimum atomic E-state index is -0.243. The number of hydrogen-bond donors (Lipinski definition) is 0. The molecule has 23 heavy (non-hydrogen) atoms. The largest absolute Gasteiger partial charge is 0.349 e. The van der Waals surface area contributed by atoms with Gasteiger partial charge in [0.15, 0.2) is 0 Å². The van der Waals surface area contributed by atoms with E-state index in [1.165, 1.54) is 17.8 Å². The van der Waals surface area contributed by atoms with E-state index in [4.69, 9.17) is 0 Å². The Morgan fingerprint density at radius 2 is 1.91 bits per heavy atom. The summed E-state index contributed by atoms with van der Waals surface area (Å²) >= 11 is 1.37. The highest BCUT2D eigenvalue weighted by atomic mass is 32.2. The summed E-state index contributed by atoms with van der Waals surface area (Å²) < 4.78 is 13.5. The average molecular weight is 338 g/mol. The van der Waals surface area contributed by atoms with Gasteiger partial charge in [0.25, 0.3) is 0 Å². The van der Waals surface area contributed by atoms with Crippen LogP contribution in [0.2, 0.25) is 0 Å². The second kappa shape index (κ2) is 8.34. The number of nitrogens with zero attached hydrogens (tertiary/aromatic N) is 2. The van der Waals surface area contributed by atoms with Gasteiger partial charge in [0.2, 0.25) is 11.8 Å². The van der Waals surface area contributed by atoms with E-state index < -0.39 is 0 Å². The van der Waals surface area contributed by atoms with Crippen LogP contribution in [0.4, 0.5) is 4.39 Å². The zero-order chi connectivity index (χ0) is 16.8. The van der Waals surface area contributed by atoms with Crippen LogP contribution in [0.3, 0.4) is 0 Å². The van der Waals surface area contributed by atoms with Crippen LogP contribution in [0.1, 0.15) is 19.3 Å². The lowest BCUT2D eigenvalue weighted by Crippen LogP contribution is -2.42.